The fourth-order valence-electron chi connectivity index (χ4n) is 1.33. The summed E-state index contributed by atoms with van der Waals surface area (Å²) in [5.41, 5.74) is 7.09. The second-order valence-electron chi connectivity index (χ2n) is 3.21. The molecule has 0 saturated carbocycles. The molecule has 0 spiro atoms. The Morgan fingerprint density at radius 2 is 2.00 bits per heavy atom. The monoisotopic (exact) mass is 280 g/mol. The summed E-state index contributed by atoms with van der Waals surface area (Å²) in [6.45, 7) is 1.78. The van der Waals surface area contributed by atoms with Crippen molar-refractivity contribution in [3.63, 3.8) is 0 Å². The molecule has 5 N–H and O–H groups in total. The van der Waals surface area contributed by atoms with Crippen LogP contribution in [0, 0.1) is 0 Å². The van der Waals surface area contributed by atoms with Gasteiger partial charge in [0.1, 0.15) is 5.69 Å². The molecule has 0 bridgehead atoms. The maximum Gasteiger partial charge on any atom is 0.348 e. The average molecular weight is 282 g/mol. The molecule has 0 aliphatic carbocycles. The van der Waals surface area contributed by atoms with Gasteiger partial charge >= 0.3 is 5.96 Å². The van der Waals surface area contributed by atoms with Crippen LogP contribution in [-0.4, -0.2) is 19.0 Å². The van der Waals surface area contributed by atoms with Gasteiger partial charge in [-0.1, -0.05) is 23.2 Å². The van der Waals surface area contributed by atoms with E-state index in [9.17, 15) is 0 Å². The van der Waals surface area contributed by atoms with Gasteiger partial charge in [0.05, 0.1) is 28.8 Å². The largest absolute Gasteiger partial charge is 1.00 e. The summed E-state index contributed by atoms with van der Waals surface area (Å²) < 4.78 is 0. The van der Waals surface area contributed by atoms with Crippen LogP contribution in [0.15, 0.2) is 12.1 Å². The Morgan fingerprint density at radius 1 is 1.31 bits per heavy atom. The van der Waals surface area contributed by atoms with Crippen LogP contribution in [-0.2, 0) is 0 Å². The quantitative estimate of drug-likeness (QED) is 0.416. The molecule has 0 amide bonds. The van der Waals surface area contributed by atoms with Gasteiger partial charge in [-0.2, -0.15) is 0 Å². The van der Waals surface area contributed by atoms with E-state index in [1.807, 2.05) is 0 Å². The van der Waals surface area contributed by atoms with Crippen molar-refractivity contribution in [2.24, 2.45) is 0 Å². The van der Waals surface area contributed by atoms with E-state index >= 15 is 0 Å². The molecule has 2 rings (SSSR count). The standard InChI is InChI=1S/C9H10Cl2N4.ClH/c10-5-3-7(12)8(4-6(5)11)15-9-13-1-2-14-9;/h3-4H,1-2,12H2,(H2,13,14,15);1H. The molecule has 4 nitrogen and oxygen atoms in total. The summed E-state index contributed by atoms with van der Waals surface area (Å²) in [6.07, 6.45) is 0. The van der Waals surface area contributed by atoms with Gasteiger partial charge in [-0.3, -0.25) is 10.3 Å². The van der Waals surface area contributed by atoms with Gasteiger partial charge in [0.25, 0.3) is 0 Å². The van der Waals surface area contributed by atoms with Gasteiger partial charge in [0.2, 0.25) is 0 Å². The fourth-order valence-corrected chi connectivity index (χ4v) is 1.67. The first kappa shape index (κ1) is 13.2. The van der Waals surface area contributed by atoms with Crippen molar-refractivity contribution >= 4 is 40.5 Å². The number of hydrogen-bond acceptors (Lipinski definition) is 3. The van der Waals surface area contributed by atoms with Crippen molar-refractivity contribution in [1.82, 2.24) is 5.32 Å². The van der Waals surface area contributed by atoms with E-state index in [0.717, 1.165) is 24.7 Å². The normalized spacial score (nSPS) is 13.8. The summed E-state index contributed by atoms with van der Waals surface area (Å²) in [5, 5.41) is 7.17. The first-order valence-corrected chi connectivity index (χ1v) is 5.28. The van der Waals surface area contributed by atoms with Crippen LogP contribution < -0.4 is 33.8 Å². The van der Waals surface area contributed by atoms with Crippen LogP contribution in [0.4, 0.5) is 11.4 Å². The van der Waals surface area contributed by atoms with E-state index in [1.165, 1.54) is 0 Å². The highest BCUT2D eigenvalue weighted by molar-refractivity contribution is 6.42. The zero-order chi connectivity index (χ0) is 10.8. The van der Waals surface area contributed by atoms with Gasteiger partial charge in [0, 0.05) is 0 Å². The number of nitrogens with two attached hydrogens (primary N) is 1. The molecule has 0 radical (unpaired) electrons. The third kappa shape index (κ3) is 2.84. The zero-order valence-electron chi connectivity index (χ0n) is 8.28. The highest BCUT2D eigenvalue weighted by Gasteiger charge is 2.15. The molecule has 1 aromatic rings. The second kappa shape index (κ2) is 5.48. The van der Waals surface area contributed by atoms with Crippen molar-refractivity contribution in [3.8, 4) is 0 Å². The van der Waals surface area contributed by atoms with Gasteiger partial charge in [-0.05, 0) is 12.1 Å². The lowest BCUT2D eigenvalue weighted by Gasteiger charge is -2.05. The van der Waals surface area contributed by atoms with E-state index in [2.05, 4.69) is 15.6 Å². The van der Waals surface area contributed by atoms with Gasteiger partial charge < -0.3 is 18.1 Å². The number of halogens is 3. The minimum absolute atomic E-state index is 0. The molecule has 0 aromatic heterocycles. The summed E-state index contributed by atoms with van der Waals surface area (Å²) >= 11 is 11.7. The minimum atomic E-state index is 0. The van der Waals surface area contributed by atoms with E-state index < -0.39 is 0 Å². The summed E-state index contributed by atoms with van der Waals surface area (Å²) in [6, 6.07) is 3.33. The first-order chi connectivity index (χ1) is 7.16. The molecular formula is C9H11Cl3N4. The lowest BCUT2D eigenvalue weighted by molar-refractivity contribution is -0.444. The molecule has 0 fully saturated rings. The van der Waals surface area contributed by atoms with E-state index in [1.54, 1.807) is 12.1 Å². The van der Waals surface area contributed by atoms with Crippen molar-refractivity contribution in [3.05, 3.63) is 22.2 Å². The van der Waals surface area contributed by atoms with E-state index in [-0.39, 0.29) is 12.4 Å². The third-order valence-electron chi connectivity index (χ3n) is 2.08. The Morgan fingerprint density at radius 3 is 2.62 bits per heavy atom. The summed E-state index contributed by atoms with van der Waals surface area (Å²) in [4.78, 5) is 3.13. The van der Waals surface area contributed by atoms with Crippen LogP contribution in [0.5, 0.6) is 0 Å². The highest BCUT2D eigenvalue weighted by Crippen LogP contribution is 2.30. The number of rotatable bonds is 1. The Kier molecular flexibility index (Phi) is 4.53. The van der Waals surface area contributed by atoms with Crippen molar-refractivity contribution in [2.45, 2.75) is 0 Å². The number of benzene rings is 1. The topological polar surface area (TPSA) is 64.0 Å². The lowest BCUT2D eigenvalue weighted by atomic mass is 10.2. The van der Waals surface area contributed by atoms with Crippen molar-refractivity contribution in [2.75, 3.05) is 24.1 Å². The van der Waals surface area contributed by atoms with Crippen molar-refractivity contribution < 1.29 is 17.4 Å². The van der Waals surface area contributed by atoms with Gasteiger partial charge in [0.15, 0.2) is 0 Å². The molecule has 0 saturated heterocycles. The van der Waals surface area contributed by atoms with E-state index in [4.69, 9.17) is 28.9 Å². The predicted octanol–water partition coefficient (Wildman–Crippen LogP) is -2.97. The van der Waals surface area contributed by atoms with Crippen molar-refractivity contribution in [1.29, 1.82) is 0 Å². The fraction of sp³-hybridized carbons (Fsp3) is 0.222. The Hall–Kier alpha value is -0.840. The maximum absolute atomic E-state index is 5.89. The van der Waals surface area contributed by atoms with E-state index in [0.29, 0.717) is 15.7 Å². The SMILES string of the molecule is Nc1cc(Cl)c(Cl)cc1NC1=[NH+]CCN1.[Cl-]. The van der Waals surface area contributed by atoms with Crippen LogP contribution in [0.2, 0.25) is 10.0 Å². The Bertz CT molecular complexity index is 419. The molecule has 1 heterocycles. The van der Waals surface area contributed by atoms with Crippen LogP contribution in [0.25, 0.3) is 0 Å². The third-order valence-corrected chi connectivity index (χ3v) is 2.80. The Labute approximate surface area is 110 Å². The molecule has 0 atom stereocenters. The average Bonchev–Trinajstić information content (AvgIpc) is 2.67. The molecule has 1 aliphatic rings. The molecule has 7 heteroatoms. The number of guanidine groups is 1. The highest BCUT2D eigenvalue weighted by atomic mass is 35.5. The number of hydrogen-bond donors (Lipinski definition) is 4. The molecular weight excluding hydrogens is 270 g/mol. The van der Waals surface area contributed by atoms with Crippen LogP contribution >= 0.6 is 23.2 Å². The lowest BCUT2D eigenvalue weighted by Crippen LogP contribution is -3.00. The first-order valence-electron chi connectivity index (χ1n) is 4.53. The molecule has 1 aromatic carbocycles. The minimum Gasteiger partial charge on any atom is -1.00 e. The summed E-state index contributed by atoms with van der Waals surface area (Å²) in [7, 11) is 0. The Balaban J connectivity index is 0.00000128. The van der Waals surface area contributed by atoms with Crippen LogP contribution in [0.1, 0.15) is 0 Å². The maximum atomic E-state index is 5.89. The zero-order valence-corrected chi connectivity index (χ0v) is 10.5. The molecule has 0 unspecified atom stereocenters. The van der Waals surface area contributed by atoms with Crippen LogP contribution in [0.3, 0.4) is 0 Å². The smallest absolute Gasteiger partial charge is 0.348 e. The molecule has 88 valence electrons. The van der Waals surface area contributed by atoms with Gasteiger partial charge in [-0.25, -0.2) is 5.32 Å². The van der Waals surface area contributed by atoms with Gasteiger partial charge in [-0.15, -0.1) is 0 Å². The molecule has 1 aliphatic heterocycles. The predicted molar refractivity (Wildman–Crippen MR) is 63.3 cm³/mol. The number of nitrogens with one attached hydrogen (secondary N) is 3. The second-order valence-corrected chi connectivity index (χ2v) is 4.02. The number of anilines is 2. The molecule has 16 heavy (non-hydrogen) atoms. The number of nitrogen functional groups attached to an aromatic ring is 1. The summed E-state index contributed by atoms with van der Waals surface area (Å²) in [5.74, 6) is 0.833.